The topological polar surface area (TPSA) is 71.9 Å². The zero-order valence-corrected chi connectivity index (χ0v) is 13.0. The molecule has 0 radical (unpaired) electrons. The van der Waals surface area contributed by atoms with Crippen LogP contribution in [0.25, 0.3) is 5.65 Å². The molecule has 1 aliphatic rings. The first-order valence-corrected chi connectivity index (χ1v) is 7.57. The van der Waals surface area contributed by atoms with Crippen LogP contribution in [0.1, 0.15) is 17.8 Å². The van der Waals surface area contributed by atoms with Crippen LogP contribution in [0.15, 0.2) is 16.9 Å². The minimum absolute atomic E-state index is 0.0720. The Morgan fingerprint density at radius 3 is 3.18 bits per heavy atom. The number of methoxy groups -OCH3 is 1. The van der Waals surface area contributed by atoms with E-state index in [-0.39, 0.29) is 11.7 Å². The Labute approximate surface area is 128 Å². The summed E-state index contributed by atoms with van der Waals surface area (Å²) in [7, 11) is 1.70. The smallest absolute Gasteiger partial charge is 0.272 e. The van der Waals surface area contributed by atoms with E-state index in [0.717, 1.165) is 30.9 Å². The van der Waals surface area contributed by atoms with E-state index in [1.807, 2.05) is 13.0 Å². The maximum absolute atomic E-state index is 12.1. The summed E-state index contributed by atoms with van der Waals surface area (Å²) in [5.74, 6) is 0. The highest BCUT2D eigenvalue weighted by atomic mass is 16.5. The van der Waals surface area contributed by atoms with Crippen molar-refractivity contribution in [2.75, 3.05) is 33.4 Å². The summed E-state index contributed by atoms with van der Waals surface area (Å²) in [6.07, 6.45) is 1.08. The Morgan fingerprint density at radius 2 is 2.36 bits per heavy atom. The van der Waals surface area contributed by atoms with Gasteiger partial charge in [-0.05, 0) is 13.3 Å². The van der Waals surface area contributed by atoms with Crippen LogP contribution in [0.4, 0.5) is 0 Å². The fraction of sp³-hybridized carbons (Fsp3) is 0.600. The first-order valence-electron chi connectivity index (χ1n) is 7.57. The van der Waals surface area contributed by atoms with Crippen LogP contribution in [-0.2, 0) is 16.0 Å². The molecule has 7 nitrogen and oxygen atoms in total. The van der Waals surface area contributed by atoms with Crippen molar-refractivity contribution in [3.05, 3.63) is 33.9 Å². The number of fused-ring (bicyclic) bond motifs is 1. The number of nitrogens with zero attached hydrogens (tertiary/aromatic N) is 3. The van der Waals surface area contributed by atoms with Crippen LogP contribution in [0.5, 0.6) is 0 Å². The molecule has 1 aliphatic heterocycles. The molecule has 2 aromatic rings. The molecule has 0 saturated carbocycles. The third-order valence-corrected chi connectivity index (χ3v) is 3.88. The molecule has 2 aromatic heterocycles. The normalized spacial score (nSPS) is 19.8. The molecular formula is C15H22N4O3. The third-order valence-electron chi connectivity index (χ3n) is 3.88. The number of aromatic amines is 1. The van der Waals surface area contributed by atoms with Gasteiger partial charge >= 0.3 is 0 Å². The molecule has 0 aliphatic carbocycles. The van der Waals surface area contributed by atoms with Gasteiger partial charge in [-0.25, -0.2) is 9.50 Å². The Bertz CT molecular complexity index is 694. The average molecular weight is 306 g/mol. The van der Waals surface area contributed by atoms with Gasteiger partial charge in [-0.1, -0.05) is 0 Å². The maximum Gasteiger partial charge on any atom is 0.272 e. The predicted molar refractivity (Wildman–Crippen MR) is 82.1 cm³/mol. The fourth-order valence-electron chi connectivity index (χ4n) is 2.82. The maximum atomic E-state index is 12.1. The highest BCUT2D eigenvalue weighted by molar-refractivity contribution is 5.39. The van der Waals surface area contributed by atoms with Crippen LogP contribution in [0.3, 0.4) is 0 Å². The van der Waals surface area contributed by atoms with Gasteiger partial charge in [0, 0.05) is 51.2 Å². The van der Waals surface area contributed by atoms with Crippen molar-refractivity contribution in [3.8, 4) is 0 Å². The number of ether oxygens (including phenoxy) is 2. The molecule has 0 spiro atoms. The summed E-state index contributed by atoms with van der Waals surface area (Å²) in [6, 6.07) is 3.48. The number of aryl methyl sites for hydroxylation is 1. The molecule has 7 heteroatoms. The van der Waals surface area contributed by atoms with E-state index in [4.69, 9.17) is 9.47 Å². The number of hydrogen-bond acceptors (Lipinski definition) is 5. The second-order valence-electron chi connectivity index (χ2n) is 5.73. The van der Waals surface area contributed by atoms with Crippen LogP contribution in [0, 0.1) is 6.92 Å². The summed E-state index contributed by atoms with van der Waals surface area (Å²) in [4.78, 5) is 18.9. The zero-order chi connectivity index (χ0) is 15.5. The molecule has 1 N–H and O–H groups in total. The molecule has 0 bridgehead atoms. The highest BCUT2D eigenvalue weighted by Crippen LogP contribution is 2.12. The molecule has 0 amide bonds. The molecule has 0 aromatic carbocycles. The lowest BCUT2D eigenvalue weighted by molar-refractivity contribution is -0.0435. The molecule has 3 rings (SSSR count). The van der Waals surface area contributed by atoms with Crippen LogP contribution < -0.4 is 5.56 Å². The molecule has 0 unspecified atom stereocenters. The number of rotatable bonds is 5. The molecule has 1 atom stereocenters. The highest BCUT2D eigenvalue weighted by Gasteiger charge is 2.21. The van der Waals surface area contributed by atoms with Crippen LogP contribution >= 0.6 is 0 Å². The zero-order valence-electron chi connectivity index (χ0n) is 13.0. The number of nitrogens with one attached hydrogen (secondary N) is 1. The Kier molecular flexibility index (Phi) is 4.56. The number of morpholine rings is 1. The molecule has 1 fully saturated rings. The van der Waals surface area contributed by atoms with Crippen molar-refractivity contribution < 1.29 is 9.47 Å². The van der Waals surface area contributed by atoms with E-state index in [0.29, 0.717) is 25.4 Å². The largest absolute Gasteiger partial charge is 0.385 e. The van der Waals surface area contributed by atoms with E-state index in [9.17, 15) is 4.79 Å². The summed E-state index contributed by atoms with van der Waals surface area (Å²) in [5.41, 5.74) is 2.32. The predicted octanol–water partition coefficient (Wildman–Crippen LogP) is 0.568. The van der Waals surface area contributed by atoms with Gasteiger partial charge < -0.3 is 9.47 Å². The SMILES string of the molecule is COCC[C@H]1CN(Cc2cc(=O)n3[nH]c(C)cc3n2)CCO1. The van der Waals surface area contributed by atoms with Crippen molar-refractivity contribution in [1.29, 1.82) is 0 Å². The molecular weight excluding hydrogens is 284 g/mol. The van der Waals surface area contributed by atoms with Gasteiger partial charge in [-0.15, -0.1) is 0 Å². The summed E-state index contributed by atoms with van der Waals surface area (Å²) in [5, 5.41) is 2.98. The first kappa shape index (κ1) is 15.2. The Balaban J connectivity index is 1.71. The van der Waals surface area contributed by atoms with Crippen molar-refractivity contribution >= 4 is 5.65 Å². The van der Waals surface area contributed by atoms with Gasteiger partial charge in [0.2, 0.25) is 0 Å². The average Bonchev–Trinajstić information content (AvgIpc) is 2.86. The molecule has 1 saturated heterocycles. The summed E-state index contributed by atoms with van der Waals surface area (Å²) in [6.45, 7) is 5.69. The van der Waals surface area contributed by atoms with Gasteiger partial charge in [-0.2, -0.15) is 0 Å². The second kappa shape index (κ2) is 6.60. The Morgan fingerprint density at radius 1 is 1.50 bits per heavy atom. The third kappa shape index (κ3) is 3.37. The van der Waals surface area contributed by atoms with E-state index >= 15 is 0 Å². The van der Waals surface area contributed by atoms with Gasteiger partial charge in [0.1, 0.15) is 0 Å². The number of H-pyrrole nitrogens is 1. The lowest BCUT2D eigenvalue weighted by Gasteiger charge is -2.32. The summed E-state index contributed by atoms with van der Waals surface area (Å²) >= 11 is 0. The van der Waals surface area contributed by atoms with E-state index < -0.39 is 0 Å². The minimum atomic E-state index is -0.0720. The van der Waals surface area contributed by atoms with E-state index in [1.165, 1.54) is 4.52 Å². The lowest BCUT2D eigenvalue weighted by Crippen LogP contribution is -2.42. The minimum Gasteiger partial charge on any atom is -0.385 e. The molecule has 120 valence electrons. The van der Waals surface area contributed by atoms with E-state index in [2.05, 4.69) is 15.0 Å². The van der Waals surface area contributed by atoms with Crippen molar-refractivity contribution in [1.82, 2.24) is 19.5 Å². The number of aromatic nitrogens is 3. The lowest BCUT2D eigenvalue weighted by atomic mass is 10.2. The standard InChI is InChI=1S/C15H22N4O3/c1-11-7-14-16-12(8-15(20)19(14)17-11)9-18-4-6-22-13(10-18)3-5-21-2/h7-8,13,17H,3-6,9-10H2,1-2H3/t13-/m0/s1. The van der Waals surface area contributed by atoms with Gasteiger partial charge in [0.05, 0.1) is 18.4 Å². The first-order chi connectivity index (χ1) is 10.7. The number of hydrogen-bond donors (Lipinski definition) is 1. The second-order valence-corrected chi connectivity index (χ2v) is 5.73. The van der Waals surface area contributed by atoms with Gasteiger partial charge in [0.15, 0.2) is 5.65 Å². The molecule has 3 heterocycles. The summed E-state index contributed by atoms with van der Waals surface area (Å²) < 4.78 is 12.3. The van der Waals surface area contributed by atoms with Crippen molar-refractivity contribution in [2.24, 2.45) is 0 Å². The van der Waals surface area contributed by atoms with E-state index in [1.54, 1.807) is 13.2 Å². The quantitative estimate of drug-likeness (QED) is 0.874. The fourth-order valence-corrected chi connectivity index (χ4v) is 2.82. The van der Waals surface area contributed by atoms with Gasteiger partial charge in [-0.3, -0.25) is 14.8 Å². The Hall–Kier alpha value is -1.70. The monoisotopic (exact) mass is 306 g/mol. The van der Waals surface area contributed by atoms with Gasteiger partial charge in [0.25, 0.3) is 5.56 Å². The van der Waals surface area contributed by atoms with Crippen LogP contribution in [-0.4, -0.2) is 59.0 Å². The van der Waals surface area contributed by atoms with Crippen molar-refractivity contribution in [3.63, 3.8) is 0 Å². The molecule has 22 heavy (non-hydrogen) atoms. The van der Waals surface area contributed by atoms with Crippen molar-refractivity contribution in [2.45, 2.75) is 26.0 Å². The van der Waals surface area contributed by atoms with Crippen LogP contribution in [0.2, 0.25) is 0 Å².